The molecule has 1 aromatic heterocycles. The van der Waals surface area contributed by atoms with Crippen molar-refractivity contribution < 1.29 is 8.78 Å². The lowest BCUT2D eigenvalue weighted by atomic mass is 10.3. The highest BCUT2D eigenvalue weighted by Crippen LogP contribution is 2.21. The Balaban J connectivity index is 2.23. The summed E-state index contributed by atoms with van der Waals surface area (Å²) in [6.07, 6.45) is 1.34. The van der Waals surface area contributed by atoms with Gasteiger partial charge in [-0.05, 0) is 19.1 Å². The number of hydrogen-bond acceptors (Lipinski definition) is 4. The van der Waals surface area contributed by atoms with Crippen LogP contribution in [-0.4, -0.2) is 16.5 Å². The molecule has 2 aromatic rings. The van der Waals surface area contributed by atoms with E-state index in [0.29, 0.717) is 18.2 Å². The molecule has 0 aliphatic rings. The summed E-state index contributed by atoms with van der Waals surface area (Å²) in [6, 6.07) is 5.54. The largest absolute Gasteiger partial charge is 0.370 e. The van der Waals surface area contributed by atoms with Crippen molar-refractivity contribution in [3.8, 4) is 0 Å². The molecule has 6 heteroatoms. The molecule has 0 unspecified atom stereocenters. The van der Waals surface area contributed by atoms with Gasteiger partial charge in [-0.25, -0.2) is 18.7 Å². The normalized spacial score (nSPS) is 10.2. The molecule has 0 aliphatic carbocycles. The fourth-order valence-corrected chi connectivity index (χ4v) is 1.44. The van der Waals surface area contributed by atoms with Gasteiger partial charge in [0.15, 0.2) is 11.6 Å². The molecule has 0 saturated carbocycles. The van der Waals surface area contributed by atoms with Gasteiger partial charge in [0, 0.05) is 12.6 Å². The van der Waals surface area contributed by atoms with Gasteiger partial charge in [0.25, 0.3) is 0 Å². The lowest BCUT2D eigenvalue weighted by Crippen LogP contribution is -2.02. The first-order valence-corrected chi connectivity index (χ1v) is 5.47. The van der Waals surface area contributed by atoms with Crippen LogP contribution < -0.4 is 10.6 Å². The summed E-state index contributed by atoms with van der Waals surface area (Å²) in [4.78, 5) is 7.92. The molecule has 0 aliphatic heterocycles. The van der Waals surface area contributed by atoms with Crippen molar-refractivity contribution in [1.29, 1.82) is 0 Å². The van der Waals surface area contributed by atoms with E-state index in [0.717, 1.165) is 6.07 Å². The van der Waals surface area contributed by atoms with Gasteiger partial charge in [-0.15, -0.1) is 0 Å². The minimum Gasteiger partial charge on any atom is -0.370 e. The summed E-state index contributed by atoms with van der Waals surface area (Å²) in [5.41, 5.74) is 0.0381. The Morgan fingerprint density at radius 3 is 2.72 bits per heavy atom. The molecular formula is C12H12F2N4. The Morgan fingerprint density at radius 2 is 1.94 bits per heavy atom. The molecule has 1 aromatic carbocycles. The van der Waals surface area contributed by atoms with Crippen molar-refractivity contribution in [2.24, 2.45) is 0 Å². The van der Waals surface area contributed by atoms with Crippen LogP contribution >= 0.6 is 0 Å². The number of hydrogen-bond donors (Lipinski definition) is 2. The van der Waals surface area contributed by atoms with Crippen LogP contribution in [0.2, 0.25) is 0 Å². The van der Waals surface area contributed by atoms with E-state index in [1.807, 2.05) is 6.92 Å². The van der Waals surface area contributed by atoms with E-state index >= 15 is 0 Å². The van der Waals surface area contributed by atoms with E-state index < -0.39 is 11.6 Å². The van der Waals surface area contributed by atoms with Crippen LogP contribution in [0.5, 0.6) is 0 Å². The zero-order valence-electron chi connectivity index (χ0n) is 9.74. The Hall–Kier alpha value is -2.24. The standard InChI is InChI=1S/C12H12F2N4/c1-2-15-10-6-11(17-7-16-10)18-9-5-3-4-8(13)12(9)14/h3-7H,2H2,1H3,(H2,15,16,17,18). The van der Waals surface area contributed by atoms with Crippen LogP contribution in [0.25, 0.3) is 0 Å². The number of aromatic nitrogens is 2. The molecule has 0 amide bonds. The molecule has 4 nitrogen and oxygen atoms in total. The average Bonchev–Trinajstić information content (AvgIpc) is 2.36. The second kappa shape index (κ2) is 5.39. The van der Waals surface area contributed by atoms with Crippen LogP contribution in [-0.2, 0) is 0 Å². The Bertz CT molecular complexity index is 545. The first-order chi connectivity index (χ1) is 8.70. The van der Waals surface area contributed by atoms with E-state index in [4.69, 9.17) is 0 Å². The molecule has 0 bridgehead atoms. The molecule has 94 valence electrons. The van der Waals surface area contributed by atoms with Crippen molar-refractivity contribution in [3.05, 3.63) is 42.2 Å². The smallest absolute Gasteiger partial charge is 0.182 e. The quantitative estimate of drug-likeness (QED) is 0.876. The lowest BCUT2D eigenvalue weighted by Gasteiger charge is -2.08. The molecule has 2 N–H and O–H groups in total. The second-order valence-electron chi connectivity index (χ2n) is 3.55. The number of benzene rings is 1. The van der Waals surface area contributed by atoms with Gasteiger partial charge in [0.05, 0.1) is 5.69 Å². The summed E-state index contributed by atoms with van der Waals surface area (Å²) in [6.45, 7) is 2.65. The fourth-order valence-electron chi connectivity index (χ4n) is 1.44. The molecule has 0 atom stereocenters. The van der Waals surface area contributed by atoms with Gasteiger partial charge >= 0.3 is 0 Å². The van der Waals surface area contributed by atoms with Crippen molar-refractivity contribution in [2.75, 3.05) is 17.2 Å². The molecule has 0 fully saturated rings. The van der Waals surface area contributed by atoms with Crippen molar-refractivity contribution in [3.63, 3.8) is 0 Å². The van der Waals surface area contributed by atoms with Crippen LogP contribution in [0.3, 0.4) is 0 Å². The highest BCUT2D eigenvalue weighted by molar-refractivity contribution is 5.59. The third-order valence-electron chi connectivity index (χ3n) is 2.24. The van der Waals surface area contributed by atoms with Gasteiger partial charge in [0.2, 0.25) is 0 Å². The Labute approximate surface area is 103 Å². The number of halogens is 2. The van der Waals surface area contributed by atoms with E-state index in [1.54, 1.807) is 6.07 Å². The molecule has 0 saturated heterocycles. The summed E-state index contributed by atoms with van der Waals surface area (Å²) in [5, 5.41) is 5.71. The zero-order chi connectivity index (χ0) is 13.0. The third-order valence-corrected chi connectivity index (χ3v) is 2.24. The van der Waals surface area contributed by atoms with Gasteiger partial charge in [0.1, 0.15) is 18.0 Å². The summed E-state index contributed by atoms with van der Waals surface area (Å²) >= 11 is 0. The summed E-state index contributed by atoms with van der Waals surface area (Å²) in [7, 11) is 0. The predicted octanol–water partition coefficient (Wildman–Crippen LogP) is 2.93. The van der Waals surface area contributed by atoms with Gasteiger partial charge in [-0.3, -0.25) is 0 Å². The van der Waals surface area contributed by atoms with Gasteiger partial charge in [-0.1, -0.05) is 6.07 Å². The highest BCUT2D eigenvalue weighted by Gasteiger charge is 2.08. The lowest BCUT2D eigenvalue weighted by molar-refractivity contribution is 0.511. The van der Waals surface area contributed by atoms with Crippen LogP contribution in [0.4, 0.5) is 26.1 Å². The molecular weight excluding hydrogens is 238 g/mol. The first-order valence-electron chi connectivity index (χ1n) is 5.47. The van der Waals surface area contributed by atoms with Crippen LogP contribution in [0, 0.1) is 11.6 Å². The van der Waals surface area contributed by atoms with E-state index in [9.17, 15) is 8.78 Å². The third kappa shape index (κ3) is 2.71. The van der Waals surface area contributed by atoms with Gasteiger partial charge in [-0.2, -0.15) is 0 Å². The maximum absolute atomic E-state index is 13.4. The molecule has 0 spiro atoms. The van der Waals surface area contributed by atoms with Crippen molar-refractivity contribution in [1.82, 2.24) is 9.97 Å². The van der Waals surface area contributed by atoms with Crippen LogP contribution in [0.1, 0.15) is 6.92 Å². The van der Waals surface area contributed by atoms with E-state index in [1.165, 1.54) is 18.5 Å². The Morgan fingerprint density at radius 1 is 1.17 bits per heavy atom. The van der Waals surface area contributed by atoms with Crippen LogP contribution in [0.15, 0.2) is 30.6 Å². The number of nitrogens with zero attached hydrogens (tertiary/aromatic N) is 2. The monoisotopic (exact) mass is 250 g/mol. The maximum atomic E-state index is 13.4. The first kappa shape index (κ1) is 12.2. The number of anilines is 3. The average molecular weight is 250 g/mol. The molecule has 18 heavy (non-hydrogen) atoms. The summed E-state index contributed by atoms with van der Waals surface area (Å²) < 4.78 is 26.5. The SMILES string of the molecule is CCNc1cc(Nc2cccc(F)c2F)ncn1. The Kier molecular flexibility index (Phi) is 3.66. The maximum Gasteiger partial charge on any atom is 0.182 e. The molecule has 2 rings (SSSR count). The topological polar surface area (TPSA) is 49.8 Å². The predicted molar refractivity (Wildman–Crippen MR) is 65.8 cm³/mol. The van der Waals surface area contributed by atoms with E-state index in [2.05, 4.69) is 20.6 Å². The van der Waals surface area contributed by atoms with Crippen molar-refractivity contribution in [2.45, 2.75) is 6.92 Å². The molecule has 0 radical (unpaired) electrons. The van der Waals surface area contributed by atoms with E-state index in [-0.39, 0.29) is 5.69 Å². The highest BCUT2D eigenvalue weighted by atomic mass is 19.2. The molecule has 1 heterocycles. The minimum atomic E-state index is -0.930. The zero-order valence-corrected chi connectivity index (χ0v) is 9.74. The summed E-state index contributed by atoms with van der Waals surface area (Å²) in [5.74, 6) is -0.820. The number of rotatable bonds is 4. The second-order valence-corrected chi connectivity index (χ2v) is 3.55. The number of nitrogens with one attached hydrogen (secondary N) is 2. The van der Waals surface area contributed by atoms with Crippen molar-refractivity contribution >= 4 is 17.3 Å². The fraction of sp³-hybridized carbons (Fsp3) is 0.167. The minimum absolute atomic E-state index is 0.0381. The van der Waals surface area contributed by atoms with Gasteiger partial charge < -0.3 is 10.6 Å².